The highest BCUT2D eigenvalue weighted by Gasteiger charge is 2.12. The summed E-state index contributed by atoms with van der Waals surface area (Å²) in [4.78, 5) is 0. The van der Waals surface area contributed by atoms with Gasteiger partial charge in [-0.1, -0.05) is 63.2 Å². The molecule has 2 aromatic rings. The summed E-state index contributed by atoms with van der Waals surface area (Å²) in [6.07, 6.45) is 2.22. The molecule has 0 atom stereocenters. The lowest BCUT2D eigenvalue weighted by Gasteiger charge is -2.18. The lowest BCUT2D eigenvalue weighted by Crippen LogP contribution is -2.10. The van der Waals surface area contributed by atoms with Crippen LogP contribution in [0.25, 0.3) is 11.6 Å². The Morgan fingerprint density at radius 3 is 1.95 bits per heavy atom. The molecule has 0 N–H and O–H groups in total. The van der Waals surface area contributed by atoms with E-state index in [0.29, 0.717) is 0 Å². The molecule has 0 aliphatic rings. The largest absolute Gasteiger partial charge is 0.497 e. The van der Waals surface area contributed by atoms with Crippen molar-refractivity contribution < 1.29 is 4.74 Å². The minimum absolute atomic E-state index is 0.202. The van der Waals surface area contributed by atoms with Crippen molar-refractivity contribution in [1.29, 1.82) is 0 Å². The van der Waals surface area contributed by atoms with Gasteiger partial charge in [-0.15, -0.1) is 0 Å². The van der Waals surface area contributed by atoms with Gasteiger partial charge in [0.1, 0.15) is 5.75 Å². The molecule has 0 saturated heterocycles. The number of methoxy groups -OCH3 is 1. The van der Waals surface area contributed by atoms with Crippen molar-refractivity contribution >= 4 is 11.6 Å². The molecular weight excluding hydrogens is 256 g/mol. The first kappa shape index (κ1) is 15.4. The average molecular weight is 280 g/mol. The lowest BCUT2D eigenvalue weighted by atomic mass is 9.86. The molecule has 2 aromatic carbocycles. The van der Waals surface area contributed by atoms with Gasteiger partial charge in [0.15, 0.2) is 0 Å². The van der Waals surface area contributed by atoms with Crippen LogP contribution in [0.5, 0.6) is 5.75 Å². The highest BCUT2D eigenvalue weighted by molar-refractivity contribution is 5.80. The van der Waals surface area contributed by atoms with E-state index in [2.05, 4.69) is 70.2 Å². The summed E-state index contributed by atoms with van der Waals surface area (Å²) in [5.41, 5.74) is 5.27. The van der Waals surface area contributed by atoms with Crippen LogP contribution < -0.4 is 4.74 Å². The minimum atomic E-state index is 0.202. The van der Waals surface area contributed by atoms with Gasteiger partial charge in [0, 0.05) is 0 Å². The first-order valence-electron chi connectivity index (χ1n) is 7.33. The van der Waals surface area contributed by atoms with Crippen LogP contribution in [-0.4, -0.2) is 7.11 Å². The zero-order valence-corrected chi connectivity index (χ0v) is 13.6. The Balaban J connectivity index is 2.21. The normalized spacial score (nSPS) is 12.3. The van der Waals surface area contributed by atoms with Crippen molar-refractivity contribution in [3.05, 3.63) is 65.2 Å². The molecule has 0 aliphatic carbocycles. The molecule has 0 unspecified atom stereocenters. The maximum atomic E-state index is 5.19. The van der Waals surface area contributed by atoms with Crippen LogP contribution in [0.4, 0.5) is 0 Å². The molecule has 0 fully saturated rings. The standard InChI is InChI=1S/C20H24O/c1-15(17-8-12-19(21-5)13-9-17)14-16-6-10-18(11-7-16)20(2,3)4/h6-14H,1-5H3/b15-14+. The van der Waals surface area contributed by atoms with Gasteiger partial charge >= 0.3 is 0 Å². The van der Waals surface area contributed by atoms with Crippen molar-refractivity contribution in [2.24, 2.45) is 0 Å². The van der Waals surface area contributed by atoms with Crippen molar-refractivity contribution in [2.45, 2.75) is 33.1 Å². The van der Waals surface area contributed by atoms with E-state index >= 15 is 0 Å². The summed E-state index contributed by atoms with van der Waals surface area (Å²) >= 11 is 0. The lowest BCUT2D eigenvalue weighted by molar-refractivity contribution is 0.415. The second kappa shape index (κ2) is 6.17. The van der Waals surface area contributed by atoms with Crippen LogP contribution in [0.3, 0.4) is 0 Å². The second-order valence-corrected chi connectivity index (χ2v) is 6.43. The minimum Gasteiger partial charge on any atom is -0.497 e. The third kappa shape index (κ3) is 3.98. The summed E-state index contributed by atoms with van der Waals surface area (Å²) < 4.78 is 5.19. The third-order valence-electron chi connectivity index (χ3n) is 3.71. The molecular formula is C20H24O. The molecule has 2 rings (SSSR count). The predicted molar refractivity (Wildman–Crippen MR) is 91.7 cm³/mol. The van der Waals surface area contributed by atoms with Crippen molar-refractivity contribution in [1.82, 2.24) is 0 Å². The van der Waals surface area contributed by atoms with Crippen LogP contribution in [0, 0.1) is 0 Å². The maximum absolute atomic E-state index is 5.19. The number of allylic oxidation sites excluding steroid dienone is 1. The fourth-order valence-electron chi connectivity index (χ4n) is 2.27. The van der Waals surface area contributed by atoms with Crippen LogP contribution >= 0.6 is 0 Å². The zero-order chi connectivity index (χ0) is 15.5. The van der Waals surface area contributed by atoms with E-state index in [1.54, 1.807) is 7.11 Å². The van der Waals surface area contributed by atoms with Crippen molar-refractivity contribution in [3.8, 4) is 5.75 Å². The van der Waals surface area contributed by atoms with Gasteiger partial charge in [0.2, 0.25) is 0 Å². The van der Waals surface area contributed by atoms with Gasteiger partial charge in [-0.2, -0.15) is 0 Å². The molecule has 0 aromatic heterocycles. The SMILES string of the molecule is COc1ccc(/C(C)=C/c2ccc(C(C)(C)C)cc2)cc1. The second-order valence-electron chi connectivity index (χ2n) is 6.43. The average Bonchev–Trinajstić information content (AvgIpc) is 2.47. The summed E-state index contributed by atoms with van der Waals surface area (Å²) in [6.45, 7) is 8.85. The zero-order valence-electron chi connectivity index (χ0n) is 13.6. The Morgan fingerprint density at radius 1 is 0.905 bits per heavy atom. The van der Waals surface area contributed by atoms with E-state index in [1.165, 1.54) is 22.3 Å². The van der Waals surface area contributed by atoms with E-state index < -0.39 is 0 Å². The quantitative estimate of drug-likeness (QED) is 0.669. The van der Waals surface area contributed by atoms with Crippen LogP contribution in [0.1, 0.15) is 44.4 Å². The molecule has 0 aliphatic heterocycles. The summed E-state index contributed by atoms with van der Waals surface area (Å²) in [7, 11) is 1.69. The number of rotatable bonds is 3. The number of ether oxygens (including phenoxy) is 1. The molecule has 0 bridgehead atoms. The maximum Gasteiger partial charge on any atom is 0.118 e. The first-order valence-corrected chi connectivity index (χ1v) is 7.33. The molecule has 110 valence electrons. The summed E-state index contributed by atoms with van der Waals surface area (Å²) in [6, 6.07) is 17.0. The van der Waals surface area contributed by atoms with Gasteiger partial charge in [-0.05, 0) is 46.7 Å². The van der Waals surface area contributed by atoms with Crippen molar-refractivity contribution in [3.63, 3.8) is 0 Å². The Kier molecular flexibility index (Phi) is 4.52. The fourth-order valence-corrected chi connectivity index (χ4v) is 2.27. The Hall–Kier alpha value is -2.02. The molecule has 1 nitrogen and oxygen atoms in total. The first-order chi connectivity index (χ1) is 9.90. The van der Waals surface area contributed by atoms with Crippen LogP contribution in [-0.2, 0) is 5.41 Å². The van der Waals surface area contributed by atoms with E-state index in [0.717, 1.165) is 5.75 Å². The number of hydrogen-bond acceptors (Lipinski definition) is 1. The fraction of sp³-hybridized carbons (Fsp3) is 0.300. The highest BCUT2D eigenvalue weighted by atomic mass is 16.5. The van der Waals surface area contributed by atoms with Crippen molar-refractivity contribution in [2.75, 3.05) is 7.11 Å². The summed E-state index contributed by atoms with van der Waals surface area (Å²) in [5, 5.41) is 0. The number of hydrogen-bond donors (Lipinski definition) is 0. The van der Waals surface area contributed by atoms with E-state index in [4.69, 9.17) is 4.74 Å². The predicted octanol–water partition coefficient (Wildman–Crippen LogP) is 5.55. The molecule has 0 amide bonds. The topological polar surface area (TPSA) is 9.23 Å². The van der Waals surface area contributed by atoms with Gasteiger partial charge in [-0.25, -0.2) is 0 Å². The third-order valence-corrected chi connectivity index (χ3v) is 3.71. The summed E-state index contributed by atoms with van der Waals surface area (Å²) in [5.74, 6) is 0.890. The van der Waals surface area contributed by atoms with Crippen LogP contribution in [0.15, 0.2) is 48.5 Å². The van der Waals surface area contributed by atoms with Gasteiger partial charge in [0.25, 0.3) is 0 Å². The van der Waals surface area contributed by atoms with E-state index in [1.807, 2.05) is 12.1 Å². The highest BCUT2D eigenvalue weighted by Crippen LogP contribution is 2.24. The molecule has 1 heteroatoms. The van der Waals surface area contributed by atoms with E-state index in [-0.39, 0.29) is 5.41 Å². The Bertz CT molecular complexity index is 610. The van der Waals surface area contributed by atoms with Gasteiger partial charge in [-0.3, -0.25) is 0 Å². The Morgan fingerprint density at radius 2 is 1.48 bits per heavy atom. The molecule has 0 radical (unpaired) electrons. The molecule has 0 heterocycles. The van der Waals surface area contributed by atoms with E-state index in [9.17, 15) is 0 Å². The molecule has 21 heavy (non-hydrogen) atoms. The number of benzene rings is 2. The van der Waals surface area contributed by atoms with Gasteiger partial charge in [0.05, 0.1) is 7.11 Å². The smallest absolute Gasteiger partial charge is 0.118 e. The van der Waals surface area contributed by atoms with Gasteiger partial charge < -0.3 is 4.74 Å². The molecule has 0 spiro atoms. The van der Waals surface area contributed by atoms with Crippen LogP contribution in [0.2, 0.25) is 0 Å². The molecule has 0 saturated carbocycles. The monoisotopic (exact) mass is 280 g/mol. The Labute approximate surface area is 128 Å².